The minimum Gasteiger partial charge on any atom is -0.462 e. The van der Waals surface area contributed by atoms with E-state index in [0.717, 1.165) is 96.7 Å². The Morgan fingerprint density at radius 1 is 0.500 bits per heavy atom. The quantitative estimate of drug-likeness (QED) is 0.0390. The summed E-state index contributed by atoms with van der Waals surface area (Å²) in [6.45, 7) is 9.84. The molecule has 0 bridgehead atoms. The van der Waals surface area contributed by atoms with Gasteiger partial charge in [-0.2, -0.15) is 0 Å². The van der Waals surface area contributed by atoms with Crippen molar-refractivity contribution in [2.24, 2.45) is 0 Å². The van der Waals surface area contributed by atoms with Gasteiger partial charge in [-0.15, -0.1) is 0 Å². The Balaban J connectivity index is 3.97. The molecule has 0 aliphatic carbocycles. The molecule has 0 aromatic heterocycles. The Labute approximate surface area is 312 Å². The number of hydrogen-bond acceptors (Lipinski definition) is 5. The number of Topliss-reactive ketones (excluding diaryl/α,β-unsaturated/α-hetero) is 1. The fourth-order valence-electron chi connectivity index (χ4n) is 6.91. The third-order valence-corrected chi connectivity index (χ3v) is 10.2. The lowest BCUT2D eigenvalue weighted by Crippen LogP contribution is -2.29. The van der Waals surface area contributed by atoms with Gasteiger partial charge in [-0.25, -0.2) is 0 Å². The van der Waals surface area contributed by atoms with Crippen LogP contribution < -0.4 is 0 Å². The first kappa shape index (κ1) is 48.8. The molecule has 0 radical (unpaired) electrons. The Bertz CT molecular complexity index is 723. The van der Waals surface area contributed by atoms with Gasteiger partial charge in [0.1, 0.15) is 11.9 Å². The second-order valence-corrected chi connectivity index (χ2v) is 15.2. The summed E-state index contributed by atoms with van der Waals surface area (Å²) in [6.07, 6.45) is 42.6. The molecule has 0 heterocycles. The van der Waals surface area contributed by atoms with Crippen molar-refractivity contribution in [3.8, 4) is 0 Å². The molecule has 5 nitrogen and oxygen atoms in total. The molecule has 0 aliphatic rings. The van der Waals surface area contributed by atoms with Gasteiger partial charge in [0.25, 0.3) is 0 Å². The van der Waals surface area contributed by atoms with Crippen LogP contribution in [-0.2, 0) is 14.3 Å². The molecule has 1 N–H and O–H groups in total. The molecule has 0 aromatic carbocycles. The zero-order valence-corrected chi connectivity index (χ0v) is 34.0. The van der Waals surface area contributed by atoms with E-state index in [2.05, 4.69) is 37.8 Å². The molecule has 0 saturated heterocycles. The summed E-state index contributed by atoms with van der Waals surface area (Å²) in [7, 11) is 0. The molecule has 0 rings (SSSR count). The van der Waals surface area contributed by atoms with Crippen molar-refractivity contribution in [1.29, 1.82) is 0 Å². The molecular formula is C45H87NO4. The van der Waals surface area contributed by atoms with Crippen LogP contribution in [0.2, 0.25) is 0 Å². The van der Waals surface area contributed by atoms with Gasteiger partial charge in [-0.3, -0.25) is 9.59 Å². The molecule has 0 unspecified atom stereocenters. The van der Waals surface area contributed by atoms with E-state index in [0.29, 0.717) is 18.6 Å². The summed E-state index contributed by atoms with van der Waals surface area (Å²) < 4.78 is 6.02. The number of aliphatic hydroxyl groups is 1. The van der Waals surface area contributed by atoms with Crippen molar-refractivity contribution in [2.75, 3.05) is 26.2 Å². The Hall–Kier alpha value is -1.20. The highest BCUT2D eigenvalue weighted by molar-refractivity contribution is 5.78. The molecule has 0 aliphatic heterocycles. The van der Waals surface area contributed by atoms with Gasteiger partial charge in [0.05, 0.1) is 6.61 Å². The van der Waals surface area contributed by atoms with Gasteiger partial charge in [0.15, 0.2) is 0 Å². The van der Waals surface area contributed by atoms with E-state index in [1.54, 1.807) is 0 Å². The van der Waals surface area contributed by atoms with Crippen molar-refractivity contribution >= 4 is 11.8 Å². The lowest BCUT2D eigenvalue weighted by molar-refractivity contribution is -0.150. The summed E-state index contributed by atoms with van der Waals surface area (Å²) in [4.78, 5) is 27.3. The molecule has 296 valence electrons. The monoisotopic (exact) mass is 706 g/mol. The Morgan fingerprint density at radius 2 is 0.940 bits per heavy atom. The Kier molecular flexibility index (Phi) is 39.6. The molecule has 0 fully saturated rings. The summed E-state index contributed by atoms with van der Waals surface area (Å²) >= 11 is 0. The van der Waals surface area contributed by atoms with Gasteiger partial charge in [0, 0.05) is 25.8 Å². The number of nitrogens with zero attached hydrogens (tertiary/aromatic N) is 1. The third kappa shape index (κ3) is 36.6. The molecule has 0 aromatic rings. The number of ether oxygens (including phenoxy) is 1. The average molecular weight is 706 g/mol. The number of rotatable bonds is 41. The highest BCUT2D eigenvalue weighted by Gasteiger charge is 2.14. The minimum absolute atomic E-state index is 0.0175. The summed E-state index contributed by atoms with van der Waals surface area (Å²) in [5.74, 6) is 0.435. The van der Waals surface area contributed by atoms with Crippen molar-refractivity contribution < 1.29 is 19.4 Å². The van der Waals surface area contributed by atoms with Crippen LogP contribution in [-0.4, -0.2) is 54.1 Å². The minimum atomic E-state index is 0.0175. The molecule has 50 heavy (non-hydrogen) atoms. The average Bonchev–Trinajstić information content (AvgIpc) is 3.11. The van der Waals surface area contributed by atoms with Crippen molar-refractivity contribution in [3.63, 3.8) is 0 Å². The number of esters is 1. The van der Waals surface area contributed by atoms with Crippen LogP contribution in [0.4, 0.5) is 0 Å². The van der Waals surface area contributed by atoms with Crippen LogP contribution in [0, 0.1) is 0 Å². The van der Waals surface area contributed by atoms with Gasteiger partial charge >= 0.3 is 5.97 Å². The second-order valence-electron chi connectivity index (χ2n) is 15.2. The lowest BCUT2D eigenvalue weighted by Gasteiger charge is -2.21. The number of carbonyl (C=O) groups is 2. The van der Waals surface area contributed by atoms with Crippen LogP contribution in [0.25, 0.3) is 0 Å². The molecule has 5 heteroatoms. The highest BCUT2D eigenvalue weighted by Crippen LogP contribution is 2.18. The number of ketones is 1. The number of hydrogen-bond donors (Lipinski definition) is 1. The normalized spacial score (nSPS) is 11.8. The number of allylic oxidation sites excluding steroid dienone is 2. The SMILES string of the molecule is CCCCCC/C=C\CCC(=O)CCCCCCCN(CCO)CCCCCCCC(=O)OC(CCCCCCCC)CCCCCCCC. The first-order chi connectivity index (χ1) is 24.6. The standard InChI is InChI=1S/C45H87NO4/c1-4-7-10-13-16-17-20-27-34-43(48)35-28-21-18-25-32-39-46(41-42-47)40-33-26-19-24-31-38-45(49)50-44(36-29-22-14-11-8-5-2)37-30-23-15-12-9-6-3/h17,20,44,47H,4-16,18-19,21-42H2,1-3H3/b20-17-. The zero-order valence-electron chi connectivity index (χ0n) is 34.0. The van der Waals surface area contributed by atoms with Gasteiger partial charge in [0.2, 0.25) is 0 Å². The summed E-state index contributed by atoms with van der Waals surface area (Å²) in [5, 5.41) is 9.54. The fraction of sp³-hybridized carbons (Fsp3) is 0.911. The highest BCUT2D eigenvalue weighted by atomic mass is 16.5. The van der Waals surface area contributed by atoms with Crippen molar-refractivity contribution in [3.05, 3.63) is 12.2 Å². The van der Waals surface area contributed by atoms with E-state index in [-0.39, 0.29) is 18.7 Å². The number of unbranched alkanes of at least 4 members (excludes halogenated alkanes) is 22. The number of aliphatic hydroxyl groups excluding tert-OH is 1. The van der Waals surface area contributed by atoms with E-state index in [9.17, 15) is 14.7 Å². The van der Waals surface area contributed by atoms with Gasteiger partial charge in [-0.1, -0.05) is 155 Å². The molecule has 0 atom stereocenters. The smallest absolute Gasteiger partial charge is 0.306 e. The van der Waals surface area contributed by atoms with E-state index in [1.807, 2.05) is 0 Å². The molecular weight excluding hydrogens is 618 g/mol. The maximum Gasteiger partial charge on any atom is 0.306 e. The fourth-order valence-corrected chi connectivity index (χ4v) is 6.91. The lowest BCUT2D eigenvalue weighted by atomic mass is 10.0. The van der Waals surface area contributed by atoms with Crippen molar-refractivity contribution in [1.82, 2.24) is 4.90 Å². The summed E-state index contributed by atoms with van der Waals surface area (Å²) in [6, 6.07) is 0. The van der Waals surface area contributed by atoms with Crippen LogP contribution in [0.15, 0.2) is 12.2 Å². The van der Waals surface area contributed by atoms with Gasteiger partial charge in [-0.05, 0) is 83.7 Å². The maximum absolute atomic E-state index is 12.7. The van der Waals surface area contributed by atoms with E-state index in [4.69, 9.17) is 4.74 Å². The van der Waals surface area contributed by atoms with E-state index in [1.165, 1.54) is 122 Å². The van der Waals surface area contributed by atoms with Crippen LogP contribution in [0.5, 0.6) is 0 Å². The topological polar surface area (TPSA) is 66.8 Å². The predicted molar refractivity (Wildman–Crippen MR) is 217 cm³/mol. The van der Waals surface area contributed by atoms with Crippen molar-refractivity contribution in [2.45, 2.75) is 239 Å². The molecule has 0 saturated carbocycles. The molecule has 0 amide bonds. The van der Waals surface area contributed by atoms with E-state index < -0.39 is 0 Å². The Morgan fingerprint density at radius 3 is 1.48 bits per heavy atom. The predicted octanol–water partition coefficient (Wildman–Crippen LogP) is 13.3. The summed E-state index contributed by atoms with van der Waals surface area (Å²) in [5.41, 5.74) is 0. The third-order valence-electron chi connectivity index (χ3n) is 10.2. The van der Waals surface area contributed by atoms with Crippen LogP contribution in [0.1, 0.15) is 233 Å². The largest absolute Gasteiger partial charge is 0.462 e. The molecule has 0 spiro atoms. The van der Waals surface area contributed by atoms with Gasteiger partial charge < -0.3 is 14.7 Å². The first-order valence-corrected chi connectivity index (χ1v) is 22.3. The second kappa shape index (κ2) is 40.6. The van der Waals surface area contributed by atoms with Crippen LogP contribution >= 0.6 is 0 Å². The van der Waals surface area contributed by atoms with E-state index >= 15 is 0 Å². The maximum atomic E-state index is 12.7. The van der Waals surface area contributed by atoms with Crippen LogP contribution in [0.3, 0.4) is 0 Å². The number of carbonyl (C=O) groups excluding carboxylic acids is 2. The first-order valence-electron chi connectivity index (χ1n) is 22.3. The zero-order chi connectivity index (χ0) is 36.6.